The van der Waals surface area contributed by atoms with Gasteiger partial charge in [0.25, 0.3) is 5.91 Å². The van der Waals surface area contributed by atoms with Crippen LogP contribution in [0.3, 0.4) is 0 Å². The summed E-state index contributed by atoms with van der Waals surface area (Å²) in [7, 11) is 4.76. The topological polar surface area (TPSA) is 84.4 Å². The van der Waals surface area contributed by atoms with Gasteiger partial charge in [-0.1, -0.05) is 0 Å². The van der Waals surface area contributed by atoms with Crippen LogP contribution in [0.5, 0.6) is 0 Å². The van der Waals surface area contributed by atoms with Gasteiger partial charge in [0.2, 0.25) is 0 Å². The van der Waals surface area contributed by atoms with Crippen LogP contribution in [0, 0.1) is 0 Å². The van der Waals surface area contributed by atoms with Crippen molar-refractivity contribution in [1.29, 1.82) is 0 Å². The van der Waals surface area contributed by atoms with Crippen molar-refractivity contribution in [2.24, 2.45) is 0 Å². The van der Waals surface area contributed by atoms with E-state index in [0.717, 1.165) is 0 Å². The number of carbonyl (C=O) groups excluding carboxylic acids is 2. The molecule has 0 spiro atoms. The Morgan fingerprint density at radius 3 is 2.63 bits per heavy atom. The van der Waals surface area contributed by atoms with Gasteiger partial charge in [0.05, 0.1) is 7.11 Å². The molecular formula is C12H18N4O3. The standard InChI is InChI=1S/C12H18N4O3/c1-13-12(18)9-6-7-10(15-14-9)16(2)8-4-5-11(17)19-3/h6-7H,4-5,8H2,1-3H3,(H,13,18). The predicted octanol–water partition coefficient (Wildman–Crippen LogP) is 0.226. The van der Waals surface area contributed by atoms with Gasteiger partial charge in [0.15, 0.2) is 11.5 Å². The molecule has 0 saturated carbocycles. The monoisotopic (exact) mass is 266 g/mol. The fraction of sp³-hybridized carbons (Fsp3) is 0.500. The van der Waals surface area contributed by atoms with E-state index in [1.54, 1.807) is 12.1 Å². The van der Waals surface area contributed by atoms with Gasteiger partial charge in [-0.05, 0) is 18.6 Å². The van der Waals surface area contributed by atoms with Crippen molar-refractivity contribution in [3.05, 3.63) is 17.8 Å². The highest BCUT2D eigenvalue weighted by atomic mass is 16.5. The molecule has 1 aromatic rings. The summed E-state index contributed by atoms with van der Waals surface area (Å²) in [6.07, 6.45) is 1.03. The molecule has 1 rings (SSSR count). The molecular weight excluding hydrogens is 248 g/mol. The highest BCUT2D eigenvalue weighted by molar-refractivity contribution is 5.91. The molecule has 1 heterocycles. The van der Waals surface area contributed by atoms with Crippen LogP contribution in [-0.4, -0.2) is 49.8 Å². The van der Waals surface area contributed by atoms with E-state index in [9.17, 15) is 9.59 Å². The van der Waals surface area contributed by atoms with E-state index in [-0.39, 0.29) is 17.6 Å². The number of esters is 1. The maximum absolute atomic E-state index is 11.3. The predicted molar refractivity (Wildman–Crippen MR) is 69.9 cm³/mol. The summed E-state index contributed by atoms with van der Waals surface area (Å²) in [6.45, 7) is 0.656. The van der Waals surface area contributed by atoms with Crippen LogP contribution >= 0.6 is 0 Å². The van der Waals surface area contributed by atoms with Gasteiger partial charge in [-0.15, -0.1) is 10.2 Å². The smallest absolute Gasteiger partial charge is 0.305 e. The lowest BCUT2D eigenvalue weighted by Crippen LogP contribution is -2.23. The Kier molecular flexibility index (Phi) is 5.72. The molecule has 0 radical (unpaired) electrons. The zero-order valence-corrected chi connectivity index (χ0v) is 11.3. The summed E-state index contributed by atoms with van der Waals surface area (Å²) in [6, 6.07) is 3.33. The Morgan fingerprint density at radius 2 is 2.11 bits per heavy atom. The second-order valence-electron chi connectivity index (χ2n) is 3.96. The Labute approximate surface area is 112 Å². The van der Waals surface area contributed by atoms with Crippen molar-refractivity contribution in [2.45, 2.75) is 12.8 Å². The average molecular weight is 266 g/mol. The Morgan fingerprint density at radius 1 is 1.37 bits per heavy atom. The molecule has 0 bridgehead atoms. The fourth-order valence-electron chi connectivity index (χ4n) is 1.46. The summed E-state index contributed by atoms with van der Waals surface area (Å²) < 4.78 is 4.56. The molecule has 1 amide bonds. The third-order valence-corrected chi connectivity index (χ3v) is 2.60. The largest absolute Gasteiger partial charge is 0.469 e. The van der Waals surface area contributed by atoms with Crippen molar-refractivity contribution in [3.63, 3.8) is 0 Å². The Hall–Kier alpha value is -2.18. The molecule has 19 heavy (non-hydrogen) atoms. The first-order valence-electron chi connectivity index (χ1n) is 5.92. The van der Waals surface area contributed by atoms with Crippen molar-refractivity contribution in [1.82, 2.24) is 15.5 Å². The molecule has 1 aromatic heterocycles. The summed E-state index contributed by atoms with van der Waals surface area (Å²) in [4.78, 5) is 24.1. The van der Waals surface area contributed by atoms with Crippen molar-refractivity contribution >= 4 is 17.7 Å². The number of carbonyl (C=O) groups is 2. The van der Waals surface area contributed by atoms with Gasteiger partial charge >= 0.3 is 5.97 Å². The molecule has 0 atom stereocenters. The number of rotatable bonds is 6. The number of methoxy groups -OCH3 is 1. The molecule has 7 heteroatoms. The van der Waals surface area contributed by atoms with E-state index in [2.05, 4.69) is 20.3 Å². The maximum atomic E-state index is 11.3. The fourth-order valence-corrected chi connectivity index (χ4v) is 1.46. The molecule has 0 fully saturated rings. The van der Waals surface area contributed by atoms with Crippen molar-refractivity contribution < 1.29 is 14.3 Å². The maximum Gasteiger partial charge on any atom is 0.305 e. The van der Waals surface area contributed by atoms with Gasteiger partial charge in [-0.2, -0.15) is 0 Å². The zero-order chi connectivity index (χ0) is 14.3. The van der Waals surface area contributed by atoms with Crippen LogP contribution in [0.2, 0.25) is 0 Å². The van der Waals surface area contributed by atoms with Crippen LogP contribution < -0.4 is 10.2 Å². The molecule has 104 valence electrons. The molecule has 0 aliphatic heterocycles. The summed E-state index contributed by atoms with van der Waals surface area (Å²) in [5.74, 6) is 0.152. The van der Waals surface area contributed by atoms with Gasteiger partial charge in [0, 0.05) is 27.1 Å². The number of anilines is 1. The lowest BCUT2D eigenvalue weighted by atomic mass is 10.3. The molecule has 7 nitrogen and oxygen atoms in total. The second kappa shape index (κ2) is 7.30. The van der Waals surface area contributed by atoms with E-state index in [4.69, 9.17) is 0 Å². The third kappa shape index (κ3) is 4.53. The minimum Gasteiger partial charge on any atom is -0.469 e. The molecule has 0 saturated heterocycles. The first kappa shape index (κ1) is 14.9. The normalized spacial score (nSPS) is 9.84. The van der Waals surface area contributed by atoms with Crippen LogP contribution in [0.25, 0.3) is 0 Å². The lowest BCUT2D eigenvalue weighted by Gasteiger charge is -2.16. The van der Waals surface area contributed by atoms with E-state index in [1.807, 2.05) is 11.9 Å². The van der Waals surface area contributed by atoms with Gasteiger partial charge in [0.1, 0.15) is 0 Å². The molecule has 0 unspecified atom stereocenters. The number of hydrogen-bond acceptors (Lipinski definition) is 6. The SMILES string of the molecule is CNC(=O)c1ccc(N(C)CCCC(=O)OC)nn1. The lowest BCUT2D eigenvalue weighted by molar-refractivity contribution is -0.140. The van der Waals surface area contributed by atoms with E-state index < -0.39 is 0 Å². The van der Waals surface area contributed by atoms with E-state index >= 15 is 0 Å². The first-order valence-corrected chi connectivity index (χ1v) is 5.92. The van der Waals surface area contributed by atoms with Crippen molar-refractivity contribution in [2.75, 3.05) is 32.6 Å². The number of amides is 1. The summed E-state index contributed by atoms with van der Waals surface area (Å²) in [5.41, 5.74) is 0.272. The molecule has 0 aliphatic rings. The second-order valence-corrected chi connectivity index (χ2v) is 3.96. The summed E-state index contributed by atoms with van der Waals surface area (Å²) >= 11 is 0. The highest BCUT2D eigenvalue weighted by Gasteiger charge is 2.08. The minimum atomic E-state index is -0.271. The van der Waals surface area contributed by atoms with Crippen LogP contribution in [-0.2, 0) is 9.53 Å². The number of nitrogens with zero attached hydrogens (tertiary/aromatic N) is 3. The Balaban J connectivity index is 2.51. The van der Waals surface area contributed by atoms with Gasteiger partial charge in [-0.25, -0.2) is 0 Å². The highest BCUT2D eigenvalue weighted by Crippen LogP contribution is 2.08. The number of ether oxygens (including phenoxy) is 1. The van der Waals surface area contributed by atoms with Crippen LogP contribution in [0.15, 0.2) is 12.1 Å². The molecule has 1 N–H and O–H groups in total. The van der Waals surface area contributed by atoms with Crippen LogP contribution in [0.4, 0.5) is 5.82 Å². The number of nitrogens with one attached hydrogen (secondary N) is 1. The Bertz CT molecular complexity index is 433. The number of aromatic nitrogens is 2. The van der Waals surface area contributed by atoms with Crippen molar-refractivity contribution in [3.8, 4) is 0 Å². The molecule has 0 aliphatic carbocycles. The average Bonchev–Trinajstić information content (AvgIpc) is 2.46. The van der Waals surface area contributed by atoms with E-state index in [1.165, 1.54) is 14.2 Å². The van der Waals surface area contributed by atoms with Gasteiger partial charge in [-0.3, -0.25) is 9.59 Å². The first-order chi connectivity index (χ1) is 9.08. The van der Waals surface area contributed by atoms with Crippen LogP contribution in [0.1, 0.15) is 23.3 Å². The number of hydrogen-bond donors (Lipinski definition) is 1. The quantitative estimate of drug-likeness (QED) is 0.742. The zero-order valence-electron chi connectivity index (χ0n) is 11.3. The minimum absolute atomic E-state index is 0.227. The summed E-state index contributed by atoms with van der Waals surface area (Å²) in [5, 5.41) is 10.3. The van der Waals surface area contributed by atoms with Gasteiger partial charge < -0.3 is 15.0 Å². The molecule has 0 aromatic carbocycles. The third-order valence-electron chi connectivity index (χ3n) is 2.60. The van der Waals surface area contributed by atoms with E-state index in [0.29, 0.717) is 25.2 Å².